The van der Waals surface area contributed by atoms with Crippen LogP contribution in [-0.4, -0.2) is 44.2 Å². The lowest BCUT2D eigenvalue weighted by molar-refractivity contribution is -0.0211. The topological polar surface area (TPSA) is 85.0 Å². The number of aromatic nitrogens is 3. The zero-order chi connectivity index (χ0) is 22.6. The summed E-state index contributed by atoms with van der Waals surface area (Å²) in [6.45, 7) is 0.890. The Morgan fingerprint density at radius 2 is 1.85 bits per heavy atom. The Kier molecular flexibility index (Phi) is 4.62. The lowest BCUT2D eigenvalue weighted by Crippen LogP contribution is -2.45. The van der Waals surface area contributed by atoms with Crippen LogP contribution in [0.5, 0.6) is 0 Å². The van der Waals surface area contributed by atoms with Crippen molar-refractivity contribution in [2.45, 2.75) is 37.7 Å². The second kappa shape index (κ2) is 7.56. The zero-order valence-corrected chi connectivity index (χ0v) is 18.2. The summed E-state index contributed by atoms with van der Waals surface area (Å²) in [7, 11) is 0. The molecular weight excluding hydrogens is 419 g/mol. The number of carbonyl (C=O) groups excluding carboxylic acids is 1. The van der Waals surface area contributed by atoms with Crippen LogP contribution < -0.4 is 0 Å². The monoisotopic (exact) mass is 444 g/mol. The molecule has 0 unspecified atom stereocenters. The van der Waals surface area contributed by atoms with E-state index in [9.17, 15) is 14.3 Å². The molecule has 4 aromatic rings. The van der Waals surface area contributed by atoms with E-state index in [0.717, 1.165) is 47.1 Å². The summed E-state index contributed by atoms with van der Waals surface area (Å²) in [4.78, 5) is 19.0. The van der Waals surface area contributed by atoms with Crippen LogP contribution in [0.3, 0.4) is 0 Å². The first-order valence-corrected chi connectivity index (χ1v) is 11.5. The van der Waals surface area contributed by atoms with Crippen LogP contribution in [0, 0.1) is 5.82 Å². The molecule has 0 radical (unpaired) electrons. The number of piperidine rings is 1. The Labute approximate surface area is 190 Å². The number of hydrogen-bond acceptors (Lipinski definition) is 3. The fraction of sp³-hybridized carbons (Fsp3) is 0.308. The van der Waals surface area contributed by atoms with Crippen molar-refractivity contribution in [3.8, 4) is 11.4 Å². The fourth-order valence-electron chi connectivity index (χ4n) is 5.43. The SMILES string of the molecule is O=C(c1cccc2[nH]c3c(c12)CCCc1cn[nH]c1-3)N1CCC(O)(c2ccc(F)cc2)CC1. The van der Waals surface area contributed by atoms with E-state index in [2.05, 4.69) is 15.2 Å². The van der Waals surface area contributed by atoms with Crippen LogP contribution >= 0.6 is 0 Å². The number of aromatic amines is 2. The number of rotatable bonds is 2. The van der Waals surface area contributed by atoms with Crippen LogP contribution in [0.15, 0.2) is 48.7 Å². The van der Waals surface area contributed by atoms with Crippen LogP contribution in [0.1, 0.15) is 46.3 Å². The first-order valence-electron chi connectivity index (χ1n) is 11.5. The molecule has 168 valence electrons. The minimum atomic E-state index is -1.04. The molecule has 0 spiro atoms. The largest absolute Gasteiger partial charge is 0.385 e. The third kappa shape index (κ3) is 3.26. The van der Waals surface area contributed by atoms with Gasteiger partial charge in [0.1, 0.15) is 5.82 Å². The van der Waals surface area contributed by atoms with Crippen molar-refractivity contribution in [2.75, 3.05) is 13.1 Å². The minimum Gasteiger partial charge on any atom is -0.385 e. The van der Waals surface area contributed by atoms with Gasteiger partial charge in [-0.2, -0.15) is 5.10 Å². The Morgan fingerprint density at radius 1 is 1.06 bits per heavy atom. The van der Waals surface area contributed by atoms with Gasteiger partial charge in [-0.05, 0) is 73.1 Å². The number of carbonyl (C=O) groups is 1. The van der Waals surface area contributed by atoms with Gasteiger partial charge in [0.2, 0.25) is 0 Å². The van der Waals surface area contributed by atoms with Gasteiger partial charge in [-0.15, -0.1) is 0 Å². The molecule has 1 fully saturated rings. The number of H-pyrrole nitrogens is 2. The second-order valence-electron chi connectivity index (χ2n) is 9.16. The molecule has 33 heavy (non-hydrogen) atoms. The van der Waals surface area contributed by atoms with Gasteiger partial charge in [-0.3, -0.25) is 9.89 Å². The molecule has 0 bridgehead atoms. The molecule has 3 heterocycles. The molecule has 0 saturated carbocycles. The van der Waals surface area contributed by atoms with E-state index in [4.69, 9.17) is 0 Å². The highest BCUT2D eigenvalue weighted by Crippen LogP contribution is 2.38. The van der Waals surface area contributed by atoms with Crippen LogP contribution in [0.4, 0.5) is 4.39 Å². The number of fused-ring (bicyclic) bond motifs is 5. The first-order chi connectivity index (χ1) is 16.0. The lowest BCUT2D eigenvalue weighted by atomic mass is 9.84. The molecule has 3 N–H and O–H groups in total. The molecule has 7 heteroatoms. The van der Waals surface area contributed by atoms with Gasteiger partial charge in [0.15, 0.2) is 0 Å². The van der Waals surface area contributed by atoms with E-state index in [-0.39, 0.29) is 11.7 Å². The average molecular weight is 445 g/mol. The Bertz CT molecular complexity index is 1350. The van der Waals surface area contributed by atoms with E-state index >= 15 is 0 Å². The molecule has 1 aliphatic heterocycles. The van der Waals surface area contributed by atoms with Crippen molar-refractivity contribution >= 4 is 16.8 Å². The van der Waals surface area contributed by atoms with E-state index in [1.54, 1.807) is 12.1 Å². The van der Waals surface area contributed by atoms with E-state index < -0.39 is 5.60 Å². The smallest absolute Gasteiger partial charge is 0.254 e. The van der Waals surface area contributed by atoms with Gasteiger partial charge in [0.05, 0.1) is 23.2 Å². The van der Waals surface area contributed by atoms with Crippen molar-refractivity contribution in [3.63, 3.8) is 0 Å². The number of halogens is 1. The van der Waals surface area contributed by atoms with Crippen molar-refractivity contribution in [2.24, 2.45) is 0 Å². The summed E-state index contributed by atoms with van der Waals surface area (Å²) >= 11 is 0. The van der Waals surface area contributed by atoms with Gasteiger partial charge in [-0.1, -0.05) is 18.2 Å². The molecule has 1 aliphatic carbocycles. The molecule has 1 amide bonds. The van der Waals surface area contributed by atoms with Crippen LogP contribution in [0.25, 0.3) is 22.3 Å². The van der Waals surface area contributed by atoms with Gasteiger partial charge in [0.25, 0.3) is 5.91 Å². The van der Waals surface area contributed by atoms with Crippen LogP contribution in [0.2, 0.25) is 0 Å². The quantitative estimate of drug-likeness (QED) is 0.431. The number of nitrogens with one attached hydrogen (secondary N) is 2. The van der Waals surface area contributed by atoms with E-state index in [0.29, 0.717) is 37.1 Å². The summed E-state index contributed by atoms with van der Waals surface area (Å²) in [6.07, 6.45) is 5.58. The number of nitrogens with zero attached hydrogens (tertiary/aromatic N) is 2. The maximum absolute atomic E-state index is 13.6. The molecule has 0 atom stereocenters. The molecule has 2 aliphatic rings. The van der Waals surface area contributed by atoms with Crippen LogP contribution in [-0.2, 0) is 18.4 Å². The summed E-state index contributed by atoms with van der Waals surface area (Å²) in [6, 6.07) is 11.8. The highest BCUT2D eigenvalue weighted by Gasteiger charge is 2.36. The van der Waals surface area contributed by atoms with E-state index in [1.807, 2.05) is 29.3 Å². The van der Waals surface area contributed by atoms with Gasteiger partial charge in [0, 0.05) is 29.6 Å². The summed E-state index contributed by atoms with van der Waals surface area (Å²) in [5.41, 5.74) is 5.70. The number of aryl methyl sites for hydroxylation is 2. The predicted molar refractivity (Wildman–Crippen MR) is 123 cm³/mol. The number of hydrogen-bond donors (Lipinski definition) is 3. The maximum Gasteiger partial charge on any atom is 0.254 e. The van der Waals surface area contributed by atoms with Gasteiger partial charge in [-0.25, -0.2) is 4.39 Å². The molecular formula is C26H25FN4O2. The standard InChI is InChI=1S/C26H25FN4O2/c27-18-9-7-17(8-10-18)26(33)11-13-31(14-12-26)25(32)20-5-2-6-21-22(20)19-4-1-3-16-15-28-30-23(16)24(19)29-21/h2,5-10,15,29,33H,1,3-4,11-14H2,(H,28,30). The van der Waals surface area contributed by atoms with Crippen molar-refractivity contribution < 1.29 is 14.3 Å². The molecule has 2 aromatic carbocycles. The first kappa shape index (κ1) is 20.2. The molecule has 1 saturated heterocycles. The normalized spacial score (nSPS) is 17.5. The highest BCUT2D eigenvalue weighted by molar-refractivity contribution is 6.09. The maximum atomic E-state index is 13.6. The summed E-state index contributed by atoms with van der Waals surface area (Å²) in [5, 5.41) is 19.5. The second-order valence-corrected chi connectivity index (χ2v) is 9.16. The summed E-state index contributed by atoms with van der Waals surface area (Å²) < 4.78 is 13.3. The predicted octanol–water partition coefficient (Wildman–Crippen LogP) is 4.31. The van der Waals surface area contributed by atoms with E-state index in [1.165, 1.54) is 17.7 Å². The Balaban J connectivity index is 1.31. The van der Waals surface area contributed by atoms with Crippen molar-refractivity contribution in [1.29, 1.82) is 0 Å². The van der Waals surface area contributed by atoms with Crippen molar-refractivity contribution in [3.05, 3.63) is 76.7 Å². The van der Waals surface area contributed by atoms with Gasteiger partial charge >= 0.3 is 0 Å². The third-order valence-electron chi connectivity index (χ3n) is 7.26. The number of aliphatic hydroxyl groups is 1. The number of likely N-dealkylation sites (tertiary alicyclic amines) is 1. The third-order valence-corrected chi connectivity index (χ3v) is 7.26. The van der Waals surface area contributed by atoms with Crippen molar-refractivity contribution in [1.82, 2.24) is 20.1 Å². The van der Waals surface area contributed by atoms with Gasteiger partial charge < -0.3 is 15.0 Å². The molecule has 6 nitrogen and oxygen atoms in total. The lowest BCUT2D eigenvalue weighted by Gasteiger charge is -2.38. The average Bonchev–Trinajstić information content (AvgIpc) is 3.40. The minimum absolute atomic E-state index is 0.0161. The zero-order valence-electron chi connectivity index (χ0n) is 18.2. The fourth-order valence-corrected chi connectivity index (χ4v) is 5.43. The Morgan fingerprint density at radius 3 is 2.64 bits per heavy atom. The number of benzene rings is 2. The highest BCUT2D eigenvalue weighted by atomic mass is 19.1. The summed E-state index contributed by atoms with van der Waals surface area (Å²) in [5.74, 6) is -0.339. The molecule has 2 aromatic heterocycles. The Hall–Kier alpha value is -3.45. The number of amides is 1. The molecule has 6 rings (SSSR count).